The molecule has 2 fully saturated rings. The molecule has 2 aliphatic rings. The maximum Gasteiger partial charge on any atom is 0.339 e. The number of benzene rings is 2. The van der Waals surface area contributed by atoms with E-state index in [1.54, 1.807) is 9.36 Å². The first-order chi connectivity index (χ1) is 18.5. The highest BCUT2D eigenvalue weighted by molar-refractivity contribution is 5.89. The Morgan fingerprint density at radius 3 is 2.55 bits per heavy atom. The van der Waals surface area contributed by atoms with Crippen molar-refractivity contribution in [1.29, 1.82) is 0 Å². The van der Waals surface area contributed by atoms with Crippen LogP contribution in [0.1, 0.15) is 79.0 Å². The van der Waals surface area contributed by atoms with E-state index in [1.807, 2.05) is 37.5 Å². The smallest absolute Gasteiger partial charge is 0.339 e. The Morgan fingerprint density at radius 2 is 1.82 bits per heavy atom. The number of aromatic carboxylic acids is 1. The zero-order chi connectivity index (χ0) is 26.2. The number of hydrogen-bond donors (Lipinski definition) is 1. The van der Waals surface area contributed by atoms with E-state index in [9.17, 15) is 9.90 Å². The maximum absolute atomic E-state index is 12.1. The molecule has 3 atom stereocenters. The first-order valence-corrected chi connectivity index (χ1v) is 13.5. The molecule has 4 aromatic rings. The summed E-state index contributed by atoms with van der Waals surface area (Å²) in [7, 11) is 1.84. The number of aromatic nitrogens is 5. The van der Waals surface area contributed by atoms with Crippen LogP contribution in [0.25, 0.3) is 16.8 Å². The molecule has 0 amide bonds. The van der Waals surface area contributed by atoms with Crippen molar-refractivity contribution in [3.8, 4) is 22.6 Å². The van der Waals surface area contributed by atoms with Gasteiger partial charge in [-0.05, 0) is 67.5 Å². The fourth-order valence-electron chi connectivity index (χ4n) is 5.93. The highest BCUT2D eigenvalue weighted by Crippen LogP contribution is 2.55. The zero-order valence-electron chi connectivity index (χ0n) is 21.8. The van der Waals surface area contributed by atoms with Gasteiger partial charge in [-0.2, -0.15) is 5.10 Å². The summed E-state index contributed by atoms with van der Waals surface area (Å²) in [5.74, 6) is 0.695. The summed E-state index contributed by atoms with van der Waals surface area (Å²) in [5, 5.41) is 22.7. The van der Waals surface area contributed by atoms with E-state index in [0.29, 0.717) is 11.6 Å². The van der Waals surface area contributed by atoms with Gasteiger partial charge in [-0.3, -0.25) is 4.68 Å². The lowest BCUT2D eigenvalue weighted by molar-refractivity contribution is 0.0695. The Balaban J connectivity index is 1.28. The molecule has 2 aromatic heterocycles. The summed E-state index contributed by atoms with van der Waals surface area (Å²) in [6, 6.07) is 16.3. The van der Waals surface area contributed by atoms with Crippen LogP contribution in [0.15, 0.2) is 60.9 Å². The van der Waals surface area contributed by atoms with Crippen LogP contribution < -0.4 is 4.74 Å². The summed E-state index contributed by atoms with van der Waals surface area (Å²) in [6.07, 6.45) is 10.8. The molecule has 2 aliphatic carbocycles. The molecule has 1 N–H and O–H groups in total. The third kappa shape index (κ3) is 4.83. The van der Waals surface area contributed by atoms with Crippen molar-refractivity contribution in [3.63, 3.8) is 0 Å². The summed E-state index contributed by atoms with van der Waals surface area (Å²) in [5.41, 5.74) is 4.74. The maximum atomic E-state index is 12.1. The number of carboxylic acids is 1. The Kier molecular flexibility index (Phi) is 6.47. The molecular weight excluding hydrogens is 478 g/mol. The summed E-state index contributed by atoms with van der Waals surface area (Å²) >= 11 is 0. The largest absolute Gasteiger partial charge is 0.490 e. The monoisotopic (exact) mass is 511 g/mol. The summed E-state index contributed by atoms with van der Waals surface area (Å²) in [6.45, 7) is 2.19. The van der Waals surface area contributed by atoms with Crippen molar-refractivity contribution in [2.24, 2.45) is 13.0 Å². The quantitative estimate of drug-likeness (QED) is 0.312. The van der Waals surface area contributed by atoms with Gasteiger partial charge in [-0.15, -0.1) is 5.10 Å². The van der Waals surface area contributed by atoms with Crippen molar-refractivity contribution < 1.29 is 14.6 Å². The molecule has 2 aromatic carbocycles. The predicted octanol–water partition coefficient (Wildman–Crippen LogP) is 5.98. The number of carbonyl (C=O) groups is 1. The van der Waals surface area contributed by atoms with E-state index < -0.39 is 5.97 Å². The number of rotatable bonds is 8. The van der Waals surface area contributed by atoms with Gasteiger partial charge in [0.15, 0.2) is 0 Å². The number of nitrogens with zero attached hydrogens (tertiary/aromatic N) is 5. The Bertz CT molecular complexity index is 1450. The minimum Gasteiger partial charge on any atom is -0.490 e. The summed E-state index contributed by atoms with van der Waals surface area (Å²) in [4.78, 5) is 12.1. The van der Waals surface area contributed by atoms with Crippen molar-refractivity contribution in [2.75, 3.05) is 0 Å². The van der Waals surface area contributed by atoms with Crippen LogP contribution in [0.5, 0.6) is 5.75 Å². The topological polar surface area (TPSA) is 95.1 Å². The SMILES string of the molecule is C[C@H](Oc1cccc(-c2cccc(-n3ncc(C(=O)O)c3C3CC3c3cn(C)nn3)c2)c1)C1CCCCC1. The van der Waals surface area contributed by atoms with Gasteiger partial charge in [0, 0.05) is 25.1 Å². The number of ether oxygens (including phenoxy) is 1. The third-order valence-electron chi connectivity index (χ3n) is 8.07. The first-order valence-electron chi connectivity index (χ1n) is 13.5. The van der Waals surface area contributed by atoms with Gasteiger partial charge in [-0.1, -0.05) is 48.7 Å². The Hall–Kier alpha value is -3.94. The van der Waals surface area contributed by atoms with E-state index in [1.165, 1.54) is 38.3 Å². The van der Waals surface area contributed by atoms with Gasteiger partial charge in [0.2, 0.25) is 0 Å². The number of hydrogen-bond acceptors (Lipinski definition) is 5. The lowest BCUT2D eigenvalue weighted by Gasteiger charge is -2.28. The van der Waals surface area contributed by atoms with Crippen molar-refractivity contribution in [3.05, 3.63) is 77.9 Å². The summed E-state index contributed by atoms with van der Waals surface area (Å²) < 4.78 is 9.83. The molecule has 2 unspecified atom stereocenters. The highest BCUT2D eigenvalue weighted by atomic mass is 16.5. The average Bonchev–Trinajstić information content (AvgIpc) is 3.38. The average molecular weight is 512 g/mol. The van der Waals surface area contributed by atoms with E-state index in [2.05, 4.69) is 46.6 Å². The van der Waals surface area contributed by atoms with Gasteiger partial charge in [0.1, 0.15) is 11.3 Å². The molecule has 2 saturated carbocycles. The van der Waals surface area contributed by atoms with Gasteiger partial charge in [-0.25, -0.2) is 9.48 Å². The Morgan fingerprint density at radius 1 is 1.05 bits per heavy atom. The standard InChI is InChI=1S/C30H33N5O3/c1-19(20-8-4-3-5-9-20)38-24-13-7-11-22(15-24)21-10-6-12-23(14-21)35-29(27(17-31-35)30(36)37)26-16-25(26)28-18-34(2)33-32-28/h6-7,10-15,17-20,25-26H,3-5,8-9,16H2,1-2H3,(H,36,37)/t19-,25?,26?/m0/s1. The third-order valence-corrected chi connectivity index (χ3v) is 8.07. The Labute approximate surface area is 222 Å². The fraction of sp³-hybridized carbons (Fsp3) is 0.400. The van der Waals surface area contributed by atoms with Crippen LogP contribution in [0.3, 0.4) is 0 Å². The van der Waals surface area contributed by atoms with Gasteiger partial charge in [0.05, 0.1) is 29.4 Å². The molecule has 2 heterocycles. The molecule has 8 heteroatoms. The van der Waals surface area contributed by atoms with Crippen molar-refractivity contribution in [1.82, 2.24) is 24.8 Å². The minimum absolute atomic E-state index is 0.0296. The van der Waals surface area contributed by atoms with Crippen molar-refractivity contribution in [2.45, 2.75) is 63.4 Å². The van der Waals surface area contributed by atoms with Gasteiger partial charge < -0.3 is 9.84 Å². The fourth-order valence-corrected chi connectivity index (χ4v) is 5.93. The zero-order valence-corrected chi connectivity index (χ0v) is 21.8. The molecule has 0 aliphatic heterocycles. The van der Waals surface area contributed by atoms with Crippen LogP contribution in [-0.4, -0.2) is 42.0 Å². The van der Waals surface area contributed by atoms with E-state index in [0.717, 1.165) is 34.7 Å². The normalized spacial score (nSPS) is 20.3. The van der Waals surface area contributed by atoms with E-state index >= 15 is 0 Å². The molecule has 38 heavy (non-hydrogen) atoms. The second-order valence-corrected chi connectivity index (χ2v) is 10.7. The molecule has 196 valence electrons. The second-order valence-electron chi connectivity index (χ2n) is 10.7. The van der Waals surface area contributed by atoms with Crippen LogP contribution >= 0.6 is 0 Å². The minimum atomic E-state index is -0.968. The molecule has 0 radical (unpaired) electrons. The van der Waals surface area contributed by atoms with Crippen LogP contribution in [-0.2, 0) is 7.05 Å². The van der Waals surface area contributed by atoms with Gasteiger partial charge >= 0.3 is 5.97 Å². The van der Waals surface area contributed by atoms with Crippen molar-refractivity contribution >= 4 is 5.97 Å². The molecule has 8 nitrogen and oxygen atoms in total. The van der Waals surface area contributed by atoms with E-state index in [-0.39, 0.29) is 23.5 Å². The molecule has 6 rings (SSSR count). The van der Waals surface area contributed by atoms with Crippen LogP contribution in [0.2, 0.25) is 0 Å². The van der Waals surface area contributed by atoms with Gasteiger partial charge in [0.25, 0.3) is 0 Å². The lowest BCUT2D eigenvalue weighted by atomic mass is 9.86. The molecule has 0 saturated heterocycles. The van der Waals surface area contributed by atoms with E-state index in [4.69, 9.17) is 4.74 Å². The first kappa shape index (κ1) is 24.4. The molecule has 0 spiro atoms. The lowest BCUT2D eigenvalue weighted by Crippen LogP contribution is -2.25. The molecule has 0 bridgehead atoms. The van der Waals surface area contributed by atoms with Crippen LogP contribution in [0.4, 0.5) is 0 Å². The molecular formula is C30H33N5O3. The second kappa shape index (κ2) is 10.1. The highest BCUT2D eigenvalue weighted by Gasteiger charge is 2.46. The number of carboxylic acid groups (broad SMARTS) is 1. The van der Waals surface area contributed by atoms with Crippen LogP contribution in [0, 0.1) is 5.92 Å². The number of aryl methyl sites for hydroxylation is 1. The predicted molar refractivity (Wildman–Crippen MR) is 144 cm³/mol.